The molecule has 0 saturated carbocycles. The molecule has 1 unspecified atom stereocenters. The molecular formula is C8H16N2O. The van der Waals surface area contributed by atoms with E-state index in [2.05, 4.69) is 5.32 Å². The van der Waals surface area contributed by atoms with Crippen LogP contribution < -0.4 is 11.1 Å². The van der Waals surface area contributed by atoms with Crippen molar-refractivity contribution < 1.29 is 4.79 Å². The summed E-state index contributed by atoms with van der Waals surface area (Å²) in [4.78, 5) is 10.9. The van der Waals surface area contributed by atoms with Crippen LogP contribution in [0.4, 0.5) is 0 Å². The zero-order valence-electron chi connectivity index (χ0n) is 7.35. The molecule has 0 bridgehead atoms. The summed E-state index contributed by atoms with van der Waals surface area (Å²) >= 11 is 0. The summed E-state index contributed by atoms with van der Waals surface area (Å²) in [6.45, 7) is 3.74. The van der Waals surface area contributed by atoms with Gasteiger partial charge in [-0.3, -0.25) is 4.79 Å². The third-order valence-corrected chi connectivity index (χ3v) is 1.52. The summed E-state index contributed by atoms with van der Waals surface area (Å²) < 4.78 is 0. The van der Waals surface area contributed by atoms with E-state index in [-0.39, 0.29) is 11.9 Å². The number of nitrogens with one attached hydrogen (secondary N) is 1. The Bertz CT molecular complexity index is 163. The van der Waals surface area contributed by atoms with Crippen LogP contribution in [0.3, 0.4) is 0 Å². The summed E-state index contributed by atoms with van der Waals surface area (Å²) in [6, 6.07) is -0.00713. The molecule has 0 aliphatic rings. The quantitative estimate of drug-likeness (QED) is 0.582. The minimum absolute atomic E-state index is 0.00713. The number of nitrogens with two attached hydrogens (primary N) is 1. The van der Waals surface area contributed by atoms with Gasteiger partial charge >= 0.3 is 0 Å². The largest absolute Gasteiger partial charge is 0.355 e. The van der Waals surface area contributed by atoms with Gasteiger partial charge in [0.25, 0.3) is 0 Å². The molecule has 1 atom stereocenters. The van der Waals surface area contributed by atoms with Gasteiger partial charge in [-0.25, -0.2) is 0 Å². The second-order valence-corrected chi connectivity index (χ2v) is 2.50. The SMILES string of the molecule is CCC(N)C=C(C)C(=O)NC. The smallest absolute Gasteiger partial charge is 0.246 e. The van der Waals surface area contributed by atoms with Crippen molar-refractivity contribution in [1.82, 2.24) is 5.32 Å². The van der Waals surface area contributed by atoms with Crippen LogP contribution in [0.25, 0.3) is 0 Å². The lowest BCUT2D eigenvalue weighted by atomic mass is 10.1. The third kappa shape index (κ3) is 3.78. The Hall–Kier alpha value is -0.830. The van der Waals surface area contributed by atoms with E-state index in [1.165, 1.54) is 0 Å². The maximum absolute atomic E-state index is 10.9. The molecule has 0 fully saturated rings. The van der Waals surface area contributed by atoms with Crippen LogP contribution in [0.1, 0.15) is 20.3 Å². The highest BCUT2D eigenvalue weighted by molar-refractivity contribution is 5.92. The van der Waals surface area contributed by atoms with Gasteiger partial charge in [0.2, 0.25) is 5.91 Å². The molecule has 0 heterocycles. The molecule has 0 aliphatic carbocycles. The predicted octanol–water partition coefficient (Wildman–Crippen LogP) is 0.416. The second kappa shape index (κ2) is 4.91. The lowest BCUT2D eigenvalue weighted by Crippen LogP contribution is -2.22. The molecule has 3 N–H and O–H groups in total. The van der Waals surface area contributed by atoms with Gasteiger partial charge < -0.3 is 11.1 Å². The Morgan fingerprint density at radius 2 is 2.27 bits per heavy atom. The van der Waals surface area contributed by atoms with Gasteiger partial charge in [-0.15, -0.1) is 0 Å². The first kappa shape index (κ1) is 10.2. The Morgan fingerprint density at radius 3 is 2.64 bits per heavy atom. The van der Waals surface area contributed by atoms with Crippen molar-refractivity contribution in [3.8, 4) is 0 Å². The monoisotopic (exact) mass is 156 g/mol. The Balaban J connectivity index is 4.09. The first-order valence-corrected chi connectivity index (χ1v) is 3.77. The summed E-state index contributed by atoms with van der Waals surface area (Å²) in [5.74, 6) is -0.0612. The van der Waals surface area contributed by atoms with Gasteiger partial charge in [-0.2, -0.15) is 0 Å². The Labute approximate surface area is 67.7 Å². The van der Waals surface area contributed by atoms with E-state index in [9.17, 15) is 4.79 Å². The summed E-state index contributed by atoms with van der Waals surface area (Å²) in [5.41, 5.74) is 6.29. The van der Waals surface area contributed by atoms with Gasteiger partial charge in [-0.1, -0.05) is 13.0 Å². The maximum Gasteiger partial charge on any atom is 0.246 e. The fourth-order valence-corrected chi connectivity index (χ4v) is 0.712. The third-order valence-electron chi connectivity index (χ3n) is 1.52. The molecule has 0 rings (SSSR count). The summed E-state index contributed by atoms with van der Waals surface area (Å²) in [7, 11) is 1.61. The van der Waals surface area contributed by atoms with Crippen LogP contribution in [0.2, 0.25) is 0 Å². The minimum atomic E-state index is -0.0612. The second-order valence-electron chi connectivity index (χ2n) is 2.50. The number of rotatable bonds is 3. The first-order chi connectivity index (χ1) is 5.11. The molecule has 0 aliphatic heterocycles. The number of carbonyl (C=O) groups is 1. The van der Waals surface area contributed by atoms with Crippen molar-refractivity contribution in [3.05, 3.63) is 11.6 Å². The number of amides is 1. The van der Waals surface area contributed by atoms with Crippen molar-refractivity contribution in [1.29, 1.82) is 0 Å². The van der Waals surface area contributed by atoms with Crippen LogP contribution in [-0.2, 0) is 4.79 Å². The molecule has 0 spiro atoms. The fraction of sp³-hybridized carbons (Fsp3) is 0.625. The molecule has 0 aromatic carbocycles. The molecule has 3 nitrogen and oxygen atoms in total. The zero-order chi connectivity index (χ0) is 8.85. The van der Waals surface area contributed by atoms with E-state index in [4.69, 9.17) is 5.73 Å². The molecule has 0 aromatic rings. The first-order valence-electron chi connectivity index (χ1n) is 3.77. The van der Waals surface area contributed by atoms with Crippen LogP contribution in [-0.4, -0.2) is 19.0 Å². The van der Waals surface area contributed by atoms with E-state index >= 15 is 0 Å². The fourth-order valence-electron chi connectivity index (χ4n) is 0.712. The summed E-state index contributed by atoms with van der Waals surface area (Å²) in [6.07, 6.45) is 2.63. The van der Waals surface area contributed by atoms with Crippen molar-refractivity contribution in [3.63, 3.8) is 0 Å². The number of hydrogen-bond donors (Lipinski definition) is 2. The molecule has 3 heteroatoms. The lowest BCUT2D eigenvalue weighted by molar-refractivity contribution is -0.117. The minimum Gasteiger partial charge on any atom is -0.355 e. The van der Waals surface area contributed by atoms with Crippen molar-refractivity contribution in [2.75, 3.05) is 7.05 Å². The molecule has 0 saturated heterocycles. The summed E-state index contributed by atoms with van der Waals surface area (Å²) in [5, 5.41) is 2.53. The van der Waals surface area contributed by atoms with Crippen molar-refractivity contribution in [2.24, 2.45) is 5.73 Å². The van der Waals surface area contributed by atoms with E-state index < -0.39 is 0 Å². The number of carbonyl (C=O) groups excluding carboxylic acids is 1. The average molecular weight is 156 g/mol. The Morgan fingerprint density at radius 1 is 1.73 bits per heavy atom. The molecule has 64 valence electrons. The van der Waals surface area contributed by atoms with Gasteiger partial charge in [0.05, 0.1) is 0 Å². The zero-order valence-corrected chi connectivity index (χ0v) is 7.35. The predicted molar refractivity (Wildman–Crippen MR) is 46.1 cm³/mol. The van der Waals surface area contributed by atoms with Crippen molar-refractivity contribution >= 4 is 5.91 Å². The van der Waals surface area contributed by atoms with E-state index in [1.54, 1.807) is 20.0 Å². The molecule has 0 aromatic heterocycles. The van der Waals surface area contributed by atoms with Crippen LogP contribution >= 0.6 is 0 Å². The topological polar surface area (TPSA) is 55.1 Å². The standard InChI is InChI=1S/C8H16N2O/c1-4-7(9)5-6(2)8(11)10-3/h5,7H,4,9H2,1-3H3,(H,10,11). The van der Waals surface area contributed by atoms with E-state index in [1.807, 2.05) is 6.92 Å². The molecule has 1 amide bonds. The average Bonchev–Trinajstić information content (AvgIpc) is 2.02. The van der Waals surface area contributed by atoms with Gasteiger partial charge in [0.15, 0.2) is 0 Å². The van der Waals surface area contributed by atoms with E-state index in [0.717, 1.165) is 6.42 Å². The highest BCUT2D eigenvalue weighted by Crippen LogP contribution is 1.96. The van der Waals surface area contributed by atoms with Crippen LogP contribution in [0, 0.1) is 0 Å². The molecular weight excluding hydrogens is 140 g/mol. The van der Waals surface area contributed by atoms with Crippen LogP contribution in [0.5, 0.6) is 0 Å². The number of hydrogen-bond acceptors (Lipinski definition) is 2. The normalized spacial score (nSPS) is 14.4. The van der Waals surface area contributed by atoms with Gasteiger partial charge in [0.1, 0.15) is 0 Å². The number of likely N-dealkylation sites (N-methyl/N-ethyl adjacent to an activating group) is 1. The van der Waals surface area contributed by atoms with E-state index in [0.29, 0.717) is 5.57 Å². The maximum atomic E-state index is 10.9. The molecule has 0 radical (unpaired) electrons. The van der Waals surface area contributed by atoms with Gasteiger partial charge in [0, 0.05) is 18.7 Å². The lowest BCUT2D eigenvalue weighted by Gasteiger charge is -2.03. The highest BCUT2D eigenvalue weighted by Gasteiger charge is 2.01. The van der Waals surface area contributed by atoms with Gasteiger partial charge in [-0.05, 0) is 13.3 Å². The van der Waals surface area contributed by atoms with Crippen molar-refractivity contribution in [2.45, 2.75) is 26.3 Å². The highest BCUT2D eigenvalue weighted by atomic mass is 16.1. The van der Waals surface area contributed by atoms with Crippen LogP contribution in [0.15, 0.2) is 11.6 Å². The Kier molecular flexibility index (Phi) is 4.54. The molecule has 11 heavy (non-hydrogen) atoms.